The maximum absolute atomic E-state index is 12.8. The number of benzene rings is 1. The van der Waals surface area contributed by atoms with Crippen LogP contribution in [0, 0.1) is 17.0 Å². The molecule has 0 aliphatic carbocycles. The van der Waals surface area contributed by atoms with Gasteiger partial charge in [0.15, 0.2) is 5.03 Å². The number of aryl methyl sites for hydroxylation is 1. The highest BCUT2D eigenvalue weighted by molar-refractivity contribution is 8.02. The van der Waals surface area contributed by atoms with Gasteiger partial charge in [-0.3, -0.25) is 10.1 Å². The number of aromatic nitrogens is 2. The zero-order chi connectivity index (χ0) is 18.0. The molecule has 0 saturated carbocycles. The summed E-state index contributed by atoms with van der Waals surface area (Å²) in [6, 6.07) is 9.34. The second-order valence-electron chi connectivity index (χ2n) is 4.98. The minimum absolute atomic E-state index is 0.0356. The molecule has 2 heterocycles. The molecular weight excluding hydrogens is 382 g/mol. The maximum Gasteiger partial charge on any atom is 0.287 e. The van der Waals surface area contributed by atoms with Crippen molar-refractivity contribution in [1.29, 1.82) is 0 Å². The smallest absolute Gasteiger partial charge is 0.258 e. The average Bonchev–Trinajstić information content (AvgIpc) is 3.05. The summed E-state index contributed by atoms with van der Waals surface area (Å²) >= 11 is 2.29. The van der Waals surface area contributed by atoms with Crippen molar-refractivity contribution in [3.63, 3.8) is 0 Å². The molecule has 25 heavy (non-hydrogen) atoms. The monoisotopic (exact) mass is 393 g/mol. The number of thiazole rings is 1. The van der Waals surface area contributed by atoms with Gasteiger partial charge in [0.2, 0.25) is 9.84 Å². The summed E-state index contributed by atoms with van der Waals surface area (Å²) < 4.78 is 26.0. The Balaban J connectivity index is 1.92. The van der Waals surface area contributed by atoms with Crippen LogP contribution >= 0.6 is 23.1 Å². The van der Waals surface area contributed by atoms with Crippen LogP contribution in [-0.4, -0.2) is 23.3 Å². The molecule has 0 atom stereocenters. The number of rotatable bonds is 5. The van der Waals surface area contributed by atoms with Crippen molar-refractivity contribution in [3.8, 4) is 0 Å². The van der Waals surface area contributed by atoms with E-state index in [1.807, 2.05) is 6.92 Å². The van der Waals surface area contributed by atoms with E-state index in [1.165, 1.54) is 29.0 Å². The van der Waals surface area contributed by atoms with Crippen LogP contribution in [-0.2, 0) is 9.84 Å². The SMILES string of the molecule is Cc1ccc(S(=O)(=O)c2ncsc2Sc2ccc([N+](=O)[O-])cn2)cc1. The molecule has 10 heteroatoms. The fourth-order valence-electron chi connectivity index (χ4n) is 1.94. The van der Waals surface area contributed by atoms with Crippen LogP contribution in [0.15, 0.2) is 67.3 Å². The summed E-state index contributed by atoms with van der Waals surface area (Å²) in [6.45, 7) is 1.88. The van der Waals surface area contributed by atoms with Gasteiger partial charge in [0, 0.05) is 6.07 Å². The van der Waals surface area contributed by atoms with Gasteiger partial charge in [0.25, 0.3) is 5.69 Å². The Morgan fingerprint density at radius 1 is 1.12 bits per heavy atom. The van der Waals surface area contributed by atoms with E-state index in [0.717, 1.165) is 23.5 Å². The van der Waals surface area contributed by atoms with E-state index in [-0.39, 0.29) is 15.6 Å². The van der Waals surface area contributed by atoms with Gasteiger partial charge < -0.3 is 0 Å². The normalized spacial score (nSPS) is 11.4. The summed E-state index contributed by atoms with van der Waals surface area (Å²) in [7, 11) is -3.74. The highest BCUT2D eigenvalue weighted by Crippen LogP contribution is 2.37. The molecule has 3 rings (SSSR count). The quantitative estimate of drug-likeness (QED) is 0.480. The second-order valence-corrected chi connectivity index (χ2v) is 8.98. The lowest BCUT2D eigenvalue weighted by atomic mass is 10.2. The maximum atomic E-state index is 12.8. The van der Waals surface area contributed by atoms with Crippen LogP contribution in [0.1, 0.15) is 5.56 Å². The van der Waals surface area contributed by atoms with Crippen molar-refractivity contribution in [1.82, 2.24) is 9.97 Å². The van der Waals surface area contributed by atoms with Crippen LogP contribution in [0.25, 0.3) is 0 Å². The first-order valence-corrected chi connectivity index (χ1v) is 10.1. The van der Waals surface area contributed by atoms with Gasteiger partial charge in [-0.25, -0.2) is 18.4 Å². The van der Waals surface area contributed by atoms with Crippen LogP contribution < -0.4 is 0 Å². The number of hydrogen-bond donors (Lipinski definition) is 0. The Labute approximate surface area is 151 Å². The van der Waals surface area contributed by atoms with Crippen molar-refractivity contribution in [3.05, 3.63) is 63.8 Å². The molecule has 2 aromatic heterocycles. The van der Waals surface area contributed by atoms with E-state index < -0.39 is 14.8 Å². The minimum Gasteiger partial charge on any atom is -0.258 e. The molecule has 0 aliphatic heterocycles. The number of hydrogen-bond acceptors (Lipinski definition) is 8. The van der Waals surface area contributed by atoms with Gasteiger partial charge in [-0.15, -0.1) is 11.3 Å². The molecular formula is C15H11N3O4S3. The topological polar surface area (TPSA) is 103 Å². The second kappa shape index (κ2) is 6.90. The fourth-order valence-corrected chi connectivity index (χ4v) is 5.62. The largest absolute Gasteiger partial charge is 0.287 e. The standard InChI is InChI=1S/C15H11N3O4S3/c1-10-2-5-12(6-3-10)25(21,22)14-15(23-9-17-14)24-13-7-4-11(8-16-13)18(19)20/h2-9H,1H3. The third kappa shape index (κ3) is 3.70. The summed E-state index contributed by atoms with van der Waals surface area (Å²) in [4.78, 5) is 18.3. The van der Waals surface area contributed by atoms with E-state index in [2.05, 4.69) is 9.97 Å². The fraction of sp³-hybridized carbons (Fsp3) is 0.0667. The van der Waals surface area contributed by atoms with Crippen LogP contribution in [0.4, 0.5) is 5.69 Å². The molecule has 0 bridgehead atoms. The Bertz CT molecular complexity index is 1010. The van der Waals surface area contributed by atoms with Crippen molar-refractivity contribution in [2.45, 2.75) is 26.1 Å². The van der Waals surface area contributed by atoms with Crippen LogP contribution in [0.5, 0.6) is 0 Å². The molecule has 0 saturated heterocycles. The first-order chi connectivity index (χ1) is 11.9. The Kier molecular flexibility index (Phi) is 4.84. The van der Waals surface area contributed by atoms with Gasteiger partial charge in [0.1, 0.15) is 15.4 Å². The van der Waals surface area contributed by atoms with Gasteiger partial charge in [0.05, 0.1) is 15.3 Å². The molecule has 0 fully saturated rings. The van der Waals surface area contributed by atoms with Gasteiger partial charge >= 0.3 is 0 Å². The van der Waals surface area contributed by atoms with E-state index >= 15 is 0 Å². The van der Waals surface area contributed by atoms with Gasteiger partial charge in [-0.2, -0.15) is 0 Å². The Morgan fingerprint density at radius 2 is 1.84 bits per heavy atom. The van der Waals surface area contributed by atoms with Crippen LogP contribution in [0.3, 0.4) is 0 Å². The van der Waals surface area contributed by atoms with Crippen LogP contribution in [0.2, 0.25) is 0 Å². The van der Waals surface area contributed by atoms with E-state index in [9.17, 15) is 18.5 Å². The predicted molar refractivity (Wildman–Crippen MR) is 93.8 cm³/mol. The molecule has 0 N–H and O–H groups in total. The molecule has 0 radical (unpaired) electrons. The third-order valence-corrected chi connectivity index (χ3v) is 7.18. The number of pyridine rings is 1. The summed E-state index contributed by atoms with van der Waals surface area (Å²) in [6.07, 6.45) is 1.14. The van der Waals surface area contributed by atoms with Crippen molar-refractivity contribution in [2.24, 2.45) is 0 Å². The number of nitrogens with zero attached hydrogens (tertiary/aromatic N) is 3. The molecule has 0 aliphatic rings. The molecule has 128 valence electrons. The van der Waals surface area contributed by atoms with Crippen molar-refractivity contribution >= 4 is 38.6 Å². The zero-order valence-corrected chi connectivity index (χ0v) is 15.3. The minimum atomic E-state index is -3.74. The summed E-state index contributed by atoms with van der Waals surface area (Å²) in [5.74, 6) is 0. The van der Waals surface area contributed by atoms with Gasteiger partial charge in [-0.1, -0.05) is 29.5 Å². The zero-order valence-electron chi connectivity index (χ0n) is 12.8. The van der Waals surface area contributed by atoms with Crippen molar-refractivity contribution < 1.29 is 13.3 Å². The first kappa shape index (κ1) is 17.5. The molecule has 0 spiro atoms. The molecule has 0 amide bonds. The summed E-state index contributed by atoms with van der Waals surface area (Å²) in [5.41, 5.74) is 2.29. The molecule has 1 aromatic carbocycles. The average molecular weight is 393 g/mol. The van der Waals surface area contributed by atoms with E-state index in [4.69, 9.17) is 0 Å². The van der Waals surface area contributed by atoms with E-state index in [0.29, 0.717) is 9.24 Å². The van der Waals surface area contributed by atoms with E-state index in [1.54, 1.807) is 24.3 Å². The van der Waals surface area contributed by atoms with Crippen molar-refractivity contribution in [2.75, 3.05) is 0 Å². The Morgan fingerprint density at radius 3 is 2.44 bits per heavy atom. The first-order valence-electron chi connectivity index (χ1n) is 6.91. The lowest BCUT2D eigenvalue weighted by Crippen LogP contribution is -2.03. The molecule has 0 unspecified atom stereocenters. The number of sulfone groups is 1. The highest BCUT2D eigenvalue weighted by atomic mass is 32.2. The molecule has 3 aromatic rings. The highest BCUT2D eigenvalue weighted by Gasteiger charge is 2.25. The predicted octanol–water partition coefficient (Wildman–Crippen LogP) is 3.74. The lowest BCUT2D eigenvalue weighted by molar-refractivity contribution is -0.385. The summed E-state index contributed by atoms with van der Waals surface area (Å²) in [5, 5.41) is 11.1. The van der Waals surface area contributed by atoms with Gasteiger partial charge in [-0.05, 0) is 25.1 Å². The lowest BCUT2D eigenvalue weighted by Gasteiger charge is -2.05. The Hall–Kier alpha value is -2.30. The number of nitro groups is 1. The third-order valence-electron chi connectivity index (χ3n) is 3.22. The molecule has 7 nitrogen and oxygen atoms in total.